The van der Waals surface area contributed by atoms with Gasteiger partial charge < -0.3 is 29.2 Å². The third-order valence-electron chi connectivity index (χ3n) is 6.58. The maximum atomic E-state index is 13.2. The SMILES string of the molecule is COc1ccccc1OCC(=O)Nc1ccc(C2CCN(C(=O)c3c(Cl)ccc4c3OCO4)CC2)cc1. The monoisotopic (exact) mass is 522 g/mol. The molecule has 0 saturated carbocycles. The lowest BCUT2D eigenvalue weighted by atomic mass is 9.89. The molecule has 2 amide bonds. The summed E-state index contributed by atoms with van der Waals surface area (Å²) in [5.41, 5.74) is 2.23. The number of benzene rings is 3. The number of carbonyl (C=O) groups is 2. The molecule has 3 aromatic rings. The maximum Gasteiger partial charge on any atom is 0.262 e. The molecule has 1 N–H and O–H groups in total. The van der Waals surface area contributed by atoms with E-state index in [4.69, 9.17) is 30.5 Å². The standard InChI is InChI=1S/C28H27ClN2O6/c1-34-22-4-2-3-5-23(22)35-16-25(32)30-20-8-6-18(7-9-20)19-12-14-31(15-13-19)28(33)26-21(29)10-11-24-27(26)37-17-36-24/h2-11,19H,12-17H2,1H3,(H,30,32). The van der Waals surface area contributed by atoms with E-state index >= 15 is 0 Å². The van der Waals surface area contributed by atoms with E-state index in [9.17, 15) is 9.59 Å². The molecule has 0 atom stereocenters. The van der Waals surface area contributed by atoms with Crippen LogP contribution >= 0.6 is 11.6 Å². The molecule has 1 saturated heterocycles. The van der Waals surface area contributed by atoms with Gasteiger partial charge in [0.05, 0.1) is 12.1 Å². The molecule has 2 aliphatic rings. The lowest BCUT2D eigenvalue weighted by molar-refractivity contribution is -0.118. The van der Waals surface area contributed by atoms with Crippen molar-refractivity contribution in [1.82, 2.24) is 4.90 Å². The Morgan fingerprint density at radius 2 is 1.73 bits per heavy atom. The number of amides is 2. The van der Waals surface area contributed by atoms with Crippen LogP contribution in [0.2, 0.25) is 5.02 Å². The summed E-state index contributed by atoms with van der Waals surface area (Å²) in [6.07, 6.45) is 1.66. The minimum Gasteiger partial charge on any atom is -0.493 e. The van der Waals surface area contributed by atoms with Gasteiger partial charge in [0.15, 0.2) is 29.6 Å². The van der Waals surface area contributed by atoms with Crippen molar-refractivity contribution >= 4 is 29.1 Å². The van der Waals surface area contributed by atoms with Crippen LogP contribution in [0.5, 0.6) is 23.0 Å². The van der Waals surface area contributed by atoms with Crippen molar-refractivity contribution in [2.75, 3.05) is 38.9 Å². The van der Waals surface area contributed by atoms with Crippen LogP contribution in [-0.4, -0.2) is 50.3 Å². The number of hydrogen-bond donors (Lipinski definition) is 1. The molecule has 37 heavy (non-hydrogen) atoms. The maximum absolute atomic E-state index is 13.2. The molecule has 2 heterocycles. The van der Waals surface area contributed by atoms with Gasteiger partial charge in [0.2, 0.25) is 6.79 Å². The number of piperidine rings is 1. The zero-order valence-corrected chi connectivity index (χ0v) is 21.1. The highest BCUT2D eigenvalue weighted by Crippen LogP contribution is 2.41. The summed E-state index contributed by atoms with van der Waals surface area (Å²) in [6, 6.07) is 18.4. The van der Waals surface area contributed by atoms with Gasteiger partial charge in [-0.25, -0.2) is 0 Å². The van der Waals surface area contributed by atoms with E-state index in [0.29, 0.717) is 58.3 Å². The Hall–Kier alpha value is -3.91. The molecular weight excluding hydrogens is 496 g/mol. The Morgan fingerprint density at radius 3 is 2.46 bits per heavy atom. The fraction of sp³-hybridized carbons (Fsp3) is 0.286. The molecule has 2 aliphatic heterocycles. The molecule has 0 aliphatic carbocycles. The second-order valence-electron chi connectivity index (χ2n) is 8.83. The number of ether oxygens (including phenoxy) is 4. The van der Waals surface area contributed by atoms with Crippen molar-refractivity contribution in [3.05, 3.63) is 76.8 Å². The van der Waals surface area contributed by atoms with Crippen molar-refractivity contribution in [2.45, 2.75) is 18.8 Å². The molecule has 3 aromatic carbocycles. The first-order chi connectivity index (χ1) is 18.0. The van der Waals surface area contributed by atoms with Crippen molar-refractivity contribution in [3.63, 3.8) is 0 Å². The average Bonchev–Trinajstić information content (AvgIpc) is 3.41. The molecule has 0 spiro atoms. The first-order valence-corrected chi connectivity index (χ1v) is 12.4. The van der Waals surface area contributed by atoms with Gasteiger partial charge in [-0.1, -0.05) is 35.9 Å². The first-order valence-electron chi connectivity index (χ1n) is 12.1. The molecule has 0 bridgehead atoms. The van der Waals surface area contributed by atoms with Gasteiger partial charge in [-0.2, -0.15) is 0 Å². The Balaban J connectivity index is 1.14. The number of para-hydroxylation sites is 2. The minimum atomic E-state index is -0.258. The number of likely N-dealkylation sites (tertiary alicyclic amines) is 1. The number of fused-ring (bicyclic) bond motifs is 1. The summed E-state index contributed by atoms with van der Waals surface area (Å²) in [5.74, 6) is 1.97. The summed E-state index contributed by atoms with van der Waals surface area (Å²) in [5, 5.41) is 3.22. The van der Waals surface area contributed by atoms with Crippen LogP contribution in [0.4, 0.5) is 5.69 Å². The van der Waals surface area contributed by atoms with E-state index < -0.39 is 0 Å². The van der Waals surface area contributed by atoms with Gasteiger partial charge in [0.1, 0.15) is 5.56 Å². The first kappa shape index (κ1) is 24.8. The third-order valence-corrected chi connectivity index (χ3v) is 6.89. The quantitative estimate of drug-likeness (QED) is 0.464. The van der Waals surface area contributed by atoms with E-state index in [-0.39, 0.29) is 25.2 Å². The smallest absolute Gasteiger partial charge is 0.262 e. The number of methoxy groups -OCH3 is 1. The highest BCUT2D eigenvalue weighted by Gasteiger charge is 2.31. The molecule has 9 heteroatoms. The van der Waals surface area contributed by atoms with Crippen LogP contribution < -0.4 is 24.3 Å². The van der Waals surface area contributed by atoms with E-state index in [1.165, 1.54) is 5.56 Å². The lowest BCUT2D eigenvalue weighted by Gasteiger charge is -2.32. The topological polar surface area (TPSA) is 86.3 Å². The second-order valence-corrected chi connectivity index (χ2v) is 9.24. The summed E-state index contributed by atoms with van der Waals surface area (Å²) >= 11 is 6.34. The normalized spacial score (nSPS) is 14.8. The predicted molar refractivity (Wildman–Crippen MR) is 139 cm³/mol. The number of rotatable bonds is 7. The minimum absolute atomic E-state index is 0.0866. The zero-order valence-electron chi connectivity index (χ0n) is 20.4. The van der Waals surface area contributed by atoms with Crippen molar-refractivity contribution < 1.29 is 28.5 Å². The van der Waals surface area contributed by atoms with Crippen LogP contribution in [0.25, 0.3) is 0 Å². The van der Waals surface area contributed by atoms with Gasteiger partial charge >= 0.3 is 0 Å². The van der Waals surface area contributed by atoms with Gasteiger partial charge in [-0.05, 0) is 60.7 Å². The molecule has 0 aromatic heterocycles. The molecule has 0 radical (unpaired) electrons. The van der Waals surface area contributed by atoms with Gasteiger partial charge in [-0.15, -0.1) is 0 Å². The van der Waals surface area contributed by atoms with Crippen molar-refractivity contribution in [1.29, 1.82) is 0 Å². The number of anilines is 1. The highest BCUT2D eigenvalue weighted by atomic mass is 35.5. The summed E-state index contributed by atoms with van der Waals surface area (Å²) in [7, 11) is 1.56. The van der Waals surface area contributed by atoms with Crippen LogP contribution in [0, 0.1) is 0 Å². The van der Waals surface area contributed by atoms with E-state index in [1.54, 1.807) is 31.4 Å². The Morgan fingerprint density at radius 1 is 1.00 bits per heavy atom. The van der Waals surface area contributed by atoms with Crippen molar-refractivity contribution in [2.24, 2.45) is 0 Å². The Kier molecular flexibility index (Phi) is 7.37. The second kappa shape index (κ2) is 11.0. The van der Waals surface area contributed by atoms with Crippen LogP contribution in [0.1, 0.15) is 34.7 Å². The van der Waals surface area contributed by atoms with E-state index in [1.807, 2.05) is 41.3 Å². The largest absolute Gasteiger partial charge is 0.493 e. The van der Waals surface area contributed by atoms with Crippen LogP contribution in [0.3, 0.4) is 0 Å². The van der Waals surface area contributed by atoms with Gasteiger partial charge in [-0.3, -0.25) is 9.59 Å². The van der Waals surface area contributed by atoms with Crippen molar-refractivity contribution in [3.8, 4) is 23.0 Å². The van der Waals surface area contributed by atoms with Gasteiger partial charge in [0, 0.05) is 18.8 Å². The van der Waals surface area contributed by atoms with E-state index in [2.05, 4.69) is 5.32 Å². The van der Waals surface area contributed by atoms with Gasteiger partial charge in [0.25, 0.3) is 11.8 Å². The molecule has 192 valence electrons. The van der Waals surface area contributed by atoms with E-state index in [0.717, 1.165) is 12.8 Å². The number of hydrogen-bond acceptors (Lipinski definition) is 6. The summed E-state index contributed by atoms with van der Waals surface area (Å²) < 4.78 is 21.7. The number of halogens is 1. The Bertz CT molecular complexity index is 1290. The fourth-order valence-corrected chi connectivity index (χ4v) is 4.87. The fourth-order valence-electron chi connectivity index (χ4n) is 4.64. The number of carbonyl (C=O) groups excluding carboxylic acids is 2. The molecule has 0 unspecified atom stereocenters. The predicted octanol–water partition coefficient (Wildman–Crippen LogP) is 5.11. The summed E-state index contributed by atoms with van der Waals surface area (Å²) in [4.78, 5) is 27.4. The lowest BCUT2D eigenvalue weighted by Crippen LogP contribution is -2.38. The summed E-state index contributed by atoms with van der Waals surface area (Å²) in [6.45, 7) is 1.19. The number of nitrogens with one attached hydrogen (secondary N) is 1. The molecule has 1 fully saturated rings. The third kappa shape index (κ3) is 5.44. The molecule has 5 rings (SSSR count). The van der Waals surface area contributed by atoms with Crippen LogP contribution in [0.15, 0.2) is 60.7 Å². The average molecular weight is 523 g/mol. The highest BCUT2D eigenvalue weighted by molar-refractivity contribution is 6.34. The molecule has 8 nitrogen and oxygen atoms in total. The Labute approximate surface area is 220 Å². The van der Waals surface area contributed by atoms with Crippen LogP contribution in [-0.2, 0) is 4.79 Å². The zero-order chi connectivity index (χ0) is 25.8. The number of nitrogens with zero attached hydrogens (tertiary/aromatic N) is 1. The molecular formula is C28H27ClN2O6.